The molecular formula is C12H18Br2N2O. The maximum atomic E-state index is 5.92. The van der Waals surface area contributed by atoms with E-state index in [4.69, 9.17) is 10.2 Å². The first kappa shape index (κ1) is 13.6. The van der Waals surface area contributed by atoms with Gasteiger partial charge in [-0.15, -0.1) is 0 Å². The third-order valence-corrected chi connectivity index (χ3v) is 5.18. The van der Waals surface area contributed by atoms with Crippen molar-refractivity contribution < 1.29 is 4.42 Å². The number of rotatable bonds is 3. The smallest absolute Gasteiger partial charge is 0.183 e. The lowest BCUT2D eigenvalue weighted by Gasteiger charge is -2.38. The van der Waals surface area contributed by atoms with Gasteiger partial charge >= 0.3 is 0 Å². The summed E-state index contributed by atoms with van der Waals surface area (Å²) < 4.78 is 7.42. The van der Waals surface area contributed by atoms with E-state index < -0.39 is 0 Å². The molecule has 2 N–H and O–H groups in total. The van der Waals surface area contributed by atoms with E-state index in [0.717, 1.165) is 21.4 Å². The Kier molecular flexibility index (Phi) is 4.69. The van der Waals surface area contributed by atoms with Crippen LogP contribution in [0.25, 0.3) is 0 Å². The fraction of sp³-hybridized carbons (Fsp3) is 0.667. The lowest BCUT2D eigenvalue weighted by Crippen LogP contribution is -2.42. The SMILES string of the molecule is CC1CCCCN1C(CN)c1cc(Br)c(Br)o1. The van der Waals surface area contributed by atoms with E-state index in [-0.39, 0.29) is 6.04 Å². The van der Waals surface area contributed by atoms with Crippen molar-refractivity contribution in [2.75, 3.05) is 13.1 Å². The third kappa shape index (κ3) is 2.95. The van der Waals surface area contributed by atoms with E-state index in [1.54, 1.807) is 0 Å². The molecule has 0 aromatic carbocycles. The maximum Gasteiger partial charge on any atom is 0.183 e. The molecule has 2 rings (SSSR count). The summed E-state index contributed by atoms with van der Waals surface area (Å²) in [6.07, 6.45) is 3.82. The van der Waals surface area contributed by atoms with Crippen molar-refractivity contribution in [3.8, 4) is 0 Å². The highest BCUT2D eigenvalue weighted by atomic mass is 79.9. The molecule has 1 fully saturated rings. The fourth-order valence-electron chi connectivity index (χ4n) is 2.53. The molecule has 3 nitrogen and oxygen atoms in total. The number of likely N-dealkylation sites (tertiary alicyclic amines) is 1. The highest BCUT2D eigenvalue weighted by Gasteiger charge is 2.28. The van der Waals surface area contributed by atoms with Crippen LogP contribution in [-0.2, 0) is 0 Å². The van der Waals surface area contributed by atoms with Crippen LogP contribution in [0.3, 0.4) is 0 Å². The Morgan fingerprint density at radius 2 is 2.29 bits per heavy atom. The second-order valence-corrected chi connectivity index (χ2v) is 6.18. The van der Waals surface area contributed by atoms with E-state index >= 15 is 0 Å². The first-order valence-corrected chi connectivity index (χ1v) is 7.62. The number of piperidine rings is 1. The minimum atomic E-state index is 0.188. The monoisotopic (exact) mass is 364 g/mol. The van der Waals surface area contributed by atoms with Gasteiger partial charge in [0.15, 0.2) is 4.67 Å². The van der Waals surface area contributed by atoms with E-state index in [1.807, 2.05) is 6.07 Å². The normalized spacial score (nSPS) is 23.9. The molecule has 0 saturated carbocycles. The Morgan fingerprint density at radius 3 is 2.82 bits per heavy atom. The molecule has 0 aliphatic carbocycles. The van der Waals surface area contributed by atoms with Gasteiger partial charge in [0, 0.05) is 12.6 Å². The topological polar surface area (TPSA) is 42.4 Å². The molecule has 1 aromatic heterocycles. The third-order valence-electron chi connectivity index (χ3n) is 3.47. The molecule has 1 aliphatic heterocycles. The molecule has 17 heavy (non-hydrogen) atoms. The van der Waals surface area contributed by atoms with Gasteiger partial charge in [0.25, 0.3) is 0 Å². The summed E-state index contributed by atoms with van der Waals surface area (Å²) in [4.78, 5) is 2.46. The number of hydrogen-bond acceptors (Lipinski definition) is 3. The van der Waals surface area contributed by atoms with Crippen LogP contribution in [-0.4, -0.2) is 24.0 Å². The van der Waals surface area contributed by atoms with Crippen molar-refractivity contribution in [3.05, 3.63) is 21.0 Å². The Balaban J connectivity index is 2.20. The number of nitrogens with zero attached hydrogens (tertiary/aromatic N) is 1. The van der Waals surface area contributed by atoms with Crippen molar-refractivity contribution in [2.45, 2.75) is 38.3 Å². The first-order chi connectivity index (χ1) is 8.13. The zero-order chi connectivity index (χ0) is 12.4. The van der Waals surface area contributed by atoms with E-state index in [1.165, 1.54) is 19.3 Å². The molecule has 0 amide bonds. The van der Waals surface area contributed by atoms with Gasteiger partial charge in [-0.2, -0.15) is 0 Å². The minimum Gasteiger partial charge on any atom is -0.451 e. The zero-order valence-electron chi connectivity index (χ0n) is 9.96. The number of furan rings is 1. The van der Waals surface area contributed by atoms with Crippen molar-refractivity contribution in [3.63, 3.8) is 0 Å². The highest BCUT2D eigenvalue weighted by molar-refractivity contribution is 9.13. The van der Waals surface area contributed by atoms with Crippen LogP contribution in [0.5, 0.6) is 0 Å². The molecule has 96 valence electrons. The van der Waals surface area contributed by atoms with Crippen LogP contribution in [0.2, 0.25) is 0 Å². The Bertz CT molecular complexity index is 361. The van der Waals surface area contributed by atoms with Gasteiger partial charge in [0.05, 0.1) is 10.5 Å². The summed E-state index contributed by atoms with van der Waals surface area (Å²) >= 11 is 6.83. The summed E-state index contributed by atoms with van der Waals surface area (Å²) in [7, 11) is 0. The van der Waals surface area contributed by atoms with Gasteiger partial charge in [-0.05, 0) is 64.2 Å². The summed E-state index contributed by atoms with van der Waals surface area (Å²) in [6.45, 7) is 3.98. The quantitative estimate of drug-likeness (QED) is 0.888. The van der Waals surface area contributed by atoms with Crippen molar-refractivity contribution in [2.24, 2.45) is 5.73 Å². The lowest BCUT2D eigenvalue weighted by molar-refractivity contribution is 0.0954. The van der Waals surface area contributed by atoms with Crippen LogP contribution in [0.4, 0.5) is 0 Å². The fourth-order valence-corrected chi connectivity index (χ4v) is 3.13. The Labute approximate surface area is 119 Å². The summed E-state index contributed by atoms with van der Waals surface area (Å²) in [5, 5.41) is 0. The standard InChI is InChI=1S/C12H18Br2N2O/c1-8-4-2-3-5-16(8)10(7-15)11-6-9(13)12(14)17-11/h6,8,10H,2-5,7,15H2,1H3. The van der Waals surface area contributed by atoms with Gasteiger partial charge in [-0.3, -0.25) is 4.90 Å². The highest BCUT2D eigenvalue weighted by Crippen LogP contribution is 2.34. The molecule has 2 heterocycles. The average Bonchev–Trinajstić information content (AvgIpc) is 2.63. The van der Waals surface area contributed by atoms with Crippen LogP contribution in [0, 0.1) is 0 Å². The number of halogens is 2. The minimum absolute atomic E-state index is 0.188. The predicted octanol–water partition coefficient (Wildman–Crippen LogP) is 3.68. The molecule has 0 bridgehead atoms. The van der Waals surface area contributed by atoms with Crippen molar-refractivity contribution in [1.82, 2.24) is 4.90 Å². The summed E-state index contributed by atoms with van der Waals surface area (Å²) in [5.74, 6) is 0.944. The first-order valence-electron chi connectivity index (χ1n) is 6.04. The zero-order valence-corrected chi connectivity index (χ0v) is 13.1. The maximum absolute atomic E-state index is 5.92. The number of nitrogens with two attached hydrogens (primary N) is 1. The van der Waals surface area contributed by atoms with Gasteiger partial charge in [0.1, 0.15) is 5.76 Å². The van der Waals surface area contributed by atoms with E-state index in [0.29, 0.717) is 12.6 Å². The van der Waals surface area contributed by atoms with E-state index in [2.05, 4.69) is 43.7 Å². The summed E-state index contributed by atoms with van der Waals surface area (Å²) in [6, 6.07) is 2.79. The molecule has 1 aromatic rings. The molecule has 2 atom stereocenters. The number of hydrogen-bond donors (Lipinski definition) is 1. The molecule has 0 radical (unpaired) electrons. The molecule has 1 aliphatic rings. The van der Waals surface area contributed by atoms with Crippen molar-refractivity contribution in [1.29, 1.82) is 0 Å². The van der Waals surface area contributed by atoms with E-state index in [9.17, 15) is 0 Å². The summed E-state index contributed by atoms with van der Waals surface area (Å²) in [5.41, 5.74) is 5.92. The second-order valence-electron chi connectivity index (χ2n) is 4.60. The van der Waals surface area contributed by atoms with Crippen LogP contribution in [0.15, 0.2) is 19.6 Å². The molecule has 2 unspecified atom stereocenters. The van der Waals surface area contributed by atoms with Crippen LogP contribution >= 0.6 is 31.9 Å². The van der Waals surface area contributed by atoms with Crippen LogP contribution in [0.1, 0.15) is 38.0 Å². The molecule has 0 spiro atoms. The largest absolute Gasteiger partial charge is 0.451 e. The van der Waals surface area contributed by atoms with Gasteiger partial charge in [0.2, 0.25) is 0 Å². The lowest BCUT2D eigenvalue weighted by atomic mass is 10.00. The van der Waals surface area contributed by atoms with Gasteiger partial charge in [-0.25, -0.2) is 0 Å². The average molecular weight is 366 g/mol. The Hall–Kier alpha value is 0.160. The second kappa shape index (κ2) is 5.87. The van der Waals surface area contributed by atoms with Crippen molar-refractivity contribution >= 4 is 31.9 Å². The molecule has 1 saturated heterocycles. The molecular weight excluding hydrogens is 348 g/mol. The van der Waals surface area contributed by atoms with Gasteiger partial charge in [-0.1, -0.05) is 6.42 Å². The Morgan fingerprint density at radius 1 is 1.53 bits per heavy atom. The van der Waals surface area contributed by atoms with Crippen LogP contribution < -0.4 is 5.73 Å². The van der Waals surface area contributed by atoms with Gasteiger partial charge < -0.3 is 10.2 Å². The predicted molar refractivity (Wildman–Crippen MR) is 75.9 cm³/mol. The molecule has 5 heteroatoms.